The van der Waals surface area contributed by atoms with Crippen molar-refractivity contribution in [2.45, 2.75) is 67.5 Å². The van der Waals surface area contributed by atoms with E-state index in [9.17, 15) is 4.79 Å². The predicted molar refractivity (Wildman–Crippen MR) is 147 cm³/mol. The highest BCUT2D eigenvalue weighted by Crippen LogP contribution is 2.40. The quantitative estimate of drug-likeness (QED) is 0.340. The van der Waals surface area contributed by atoms with Gasteiger partial charge in [-0.05, 0) is 81.2 Å². The zero-order valence-electron chi connectivity index (χ0n) is 21.2. The van der Waals surface area contributed by atoms with Gasteiger partial charge < -0.3 is 15.5 Å². The molecule has 194 valence electrons. The Hall–Kier alpha value is -3.11. The van der Waals surface area contributed by atoms with Gasteiger partial charge in [-0.3, -0.25) is 14.8 Å². The summed E-state index contributed by atoms with van der Waals surface area (Å²) in [5, 5.41) is 14.6. The number of anilines is 4. The molecule has 10 heteroatoms. The second-order valence-corrected chi connectivity index (χ2v) is 11.2. The fourth-order valence-corrected chi connectivity index (χ4v) is 5.90. The van der Waals surface area contributed by atoms with Gasteiger partial charge in [-0.25, -0.2) is 9.97 Å². The molecule has 1 aromatic carbocycles. The van der Waals surface area contributed by atoms with Gasteiger partial charge in [0.1, 0.15) is 11.6 Å². The molecule has 2 aromatic heterocycles. The normalized spacial score (nSPS) is 19.9. The summed E-state index contributed by atoms with van der Waals surface area (Å²) in [5.41, 5.74) is 1.98. The number of nitrogens with zero attached hydrogens (tertiary/aromatic N) is 5. The van der Waals surface area contributed by atoms with Crippen molar-refractivity contribution in [2.24, 2.45) is 0 Å². The molecule has 4 heterocycles. The Morgan fingerprint density at radius 3 is 2.62 bits per heavy atom. The molecule has 3 fully saturated rings. The third-order valence-electron chi connectivity index (χ3n) is 7.38. The minimum atomic E-state index is 0.00760. The van der Waals surface area contributed by atoms with Crippen LogP contribution >= 0.6 is 11.8 Å². The SMILES string of the molecule is CCC(=O)Nc1ccc(Sc2nc(Nc3cc(C4CC4)[nH]n3)cc(N3CC[C@H](N4CCCC4)C3)n2)cc1. The Morgan fingerprint density at radius 1 is 1.05 bits per heavy atom. The molecule has 0 spiro atoms. The van der Waals surface area contributed by atoms with Gasteiger partial charge in [0, 0.05) is 59.9 Å². The molecule has 2 aliphatic heterocycles. The Balaban J connectivity index is 1.22. The molecule has 37 heavy (non-hydrogen) atoms. The molecule has 3 aliphatic rings. The van der Waals surface area contributed by atoms with Gasteiger partial charge in [0.2, 0.25) is 5.91 Å². The van der Waals surface area contributed by atoms with Crippen molar-refractivity contribution < 1.29 is 4.79 Å². The van der Waals surface area contributed by atoms with E-state index in [1.807, 2.05) is 37.3 Å². The van der Waals surface area contributed by atoms with Gasteiger partial charge in [0.15, 0.2) is 11.0 Å². The van der Waals surface area contributed by atoms with Crippen LogP contribution in [0.5, 0.6) is 0 Å². The summed E-state index contributed by atoms with van der Waals surface area (Å²) >= 11 is 1.52. The van der Waals surface area contributed by atoms with Gasteiger partial charge in [-0.2, -0.15) is 5.10 Å². The van der Waals surface area contributed by atoms with Crippen LogP contribution in [0.4, 0.5) is 23.1 Å². The van der Waals surface area contributed by atoms with Crippen LogP contribution in [0.15, 0.2) is 46.5 Å². The molecule has 1 saturated carbocycles. The lowest BCUT2D eigenvalue weighted by Gasteiger charge is -2.24. The summed E-state index contributed by atoms with van der Waals surface area (Å²) in [6.07, 6.45) is 6.71. The first-order valence-electron chi connectivity index (χ1n) is 13.4. The number of carbonyl (C=O) groups is 1. The average molecular weight is 519 g/mol. The van der Waals surface area contributed by atoms with Crippen molar-refractivity contribution in [3.63, 3.8) is 0 Å². The Kier molecular flexibility index (Phi) is 7.01. The van der Waals surface area contributed by atoms with Gasteiger partial charge >= 0.3 is 0 Å². The molecule has 9 nitrogen and oxygen atoms in total. The van der Waals surface area contributed by atoms with E-state index in [4.69, 9.17) is 9.97 Å². The highest BCUT2D eigenvalue weighted by atomic mass is 32.2. The maximum Gasteiger partial charge on any atom is 0.224 e. The second kappa shape index (κ2) is 10.7. The van der Waals surface area contributed by atoms with Gasteiger partial charge in [-0.15, -0.1) is 0 Å². The molecule has 0 radical (unpaired) electrons. The number of amides is 1. The zero-order valence-corrected chi connectivity index (χ0v) is 22.1. The number of aromatic nitrogens is 4. The number of hydrogen-bond acceptors (Lipinski definition) is 8. The highest BCUT2D eigenvalue weighted by Gasteiger charge is 2.30. The first kappa shape index (κ1) is 24.2. The summed E-state index contributed by atoms with van der Waals surface area (Å²) in [6.45, 7) is 6.28. The van der Waals surface area contributed by atoms with Crippen LogP contribution in [0, 0.1) is 0 Å². The van der Waals surface area contributed by atoms with E-state index in [0.717, 1.165) is 41.1 Å². The lowest BCUT2D eigenvalue weighted by Crippen LogP contribution is -2.35. The third-order valence-corrected chi connectivity index (χ3v) is 8.25. The average Bonchev–Trinajstić information content (AvgIpc) is 3.30. The maximum absolute atomic E-state index is 11.7. The summed E-state index contributed by atoms with van der Waals surface area (Å²) < 4.78 is 0. The zero-order chi connectivity index (χ0) is 25.2. The minimum absolute atomic E-state index is 0.00760. The van der Waals surface area contributed by atoms with Gasteiger partial charge in [-0.1, -0.05) is 6.92 Å². The molecule has 1 aliphatic carbocycles. The number of carbonyl (C=O) groups excluding carboxylic acids is 1. The van der Waals surface area contributed by atoms with E-state index in [1.165, 1.54) is 62.6 Å². The van der Waals surface area contributed by atoms with E-state index < -0.39 is 0 Å². The number of rotatable bonds is 9. The molecule has 1 atom stereocenters. The summed E-state index contributed by atoms with van der Waals surface area (Å²) in [4.78, 5) is 27.5. The van der Waals surface area contributed by atoms with E-state index in [0.29, 0.717) is 23.5 Å². The molecule has 1 amide bonds. The van der Waals surface area contributed by atoms with E-state index in [2.05, 4.69) is 36.7 Å². The van der Waals surface area contributed by atoms with Crippen molar-refractivity contribution in [1.82, 2.24) is 25.1 Å². The van der Waals surface area contributed by atoms with Crippen LogP contribution < -0.4 is 15.5 Å². The molecular formula is C27H34N8OS. The number of hydrogen-bond donors (Lipinski definition) is 3. The first-order chi connectivity index (χ1) is 18.1. The molecule has 3 N–H and O–H groups in total. The molecule has 2 saturated heterocycles. The maximum atomic E-state index is 11.7. The smallest absolute Gasteiger partial charge is 0.224 e. The Bertz CT molecular complexity index is 1240. The number of aromatic amines is 1. The van der Waals surface area contributed by atoms with Crippen LogP contribution in [0.25, 0.3) is 0 Å². The van der Waals surface area contributed by atoms with Crippen LogP contribution in [0.1, 0.15) is 57.1 Å². The summed E-state index contributed by atoms with van der Waals surface area (Å²) in [7, 11) is 0. The standard InChI is InChI=1S/C27H34N8OS/c1-2-26(36)28-19-7-9-21(10-8-19)37-27-30-23(29-24-15-22(32-33-24)18-5-6-18)16-25(31-27)35-14-11-20(17-35)34-12-3-4-13-34/h7-10,15-16,18,20H,2-6,11-14,17H2,1H3,(H,28,36)(H2,29,30,31,32,33)/t20-/m0/s1. The number of nitrogens with one attached hydrogen (secondary N) is 3. The summed E-state index contributed by atoms with van der Waals surface area (Å²) in [5.74, 6) is 3.11. The predicted octanol–water partition coefficient (Wildman–Crippen LogP) is 4.99. The van der Waals surface area contributed by atoms with Crippen molar-refractivity contribution in [3.8, 4) is 0 Å². The summed E-state index contributed by atoms with van der Waals surface area (Å²) in [6, 6.07) is 12.6. The molecule has 3 aromatic rings. The number of benzene rings is 1. The van der Waals surface area contributed by atoms with Crippen LogP contribution in [-0.2, 0) is 4.79 Å². The lowest BCUT2D eigenvalue weighted by atomic mass is 10.2. The number of likely N-dealkylation sites (tertiary alicyclic amines) is 1. The fraction of sp³-hybridized carbons (Fsp3) is 0.481. The van der Waals surface area contributed by atoms with Crippen molar-refractivity contribution in [2.75, 3.05) is 41.7 Å². The molecule has 0 bridgehead atoms. The fourth-order valence-electron chi connectivity index (χ4n) is 5.14. The third kappa shape index (κ3) is 5.91. The molecule has 6 rings (SSSR count). The van der Waals surface area contributed by atoms with E-state index in [1.54, 1.807) is 0 Å². The van der Waals surface area contributed by atoms with Crippen LogP contribution in [0.2, 0.25) is 0 Å². The second-order valence-electron chi connectivity index (χ2n) is 10.2. The first-order valence-corrected chi connectivity index (χ1v) is 14.2. The largest absolute Gasteiger partial charge is 0.355 e. The van der Waals surface area contributed by atoms with E-state index >= 15 is 0 Å². The molecular weight excluding hydrogens is 484 g/mol. The number of H-pyrrole nitrogens is 1. The van der Waals surface area contributed by atoms with Crippen molar-refractivity contribution in [1.29, 1.82) is 0 Å². The topological polar surface area (TPSA) is 102 Å². The van der Waals surface area contributed by atoms with Gasteiger partial charge in [0.05, 0.1) is 0 Å². The highest BCUT2D eigenvalue weighted by molar-refractivity contribution is 7.99. The monoisotopic (exact) mass is 518 g/mol. The minimum Gasteiger partial charge on any atom is -0.355 e. The lowest BCUT2D eigenvalue weighted by molar-refractivity contribution is -0.115. The van der Waals surface area contributed by atoms with Crippen LogP contribution in [-0.4, -0.2) is 63.2 Å². The van der Waals surface area contributed by atoms with Crippen molar-refractivity contribution >= 4 is 40.8 Å². The Labute approximate surface area is 221 Å². The van der Waals surface area contributed by atoms with Crippen molar-refractivity contribution in [3.05, 3.63) is 42.1 Å². The van der Waals surface area contributed by atoms with E-state index in [-0.39, 0.29) is 5.91 Å². The van der Waals surface area contributed by atoms with Gasteiger partial charge in [0.25, 0.3) is 0 Å². The Morgan fingerprint density at radius 2 is 1.86 bits per heavy atom. The molecule has 0 unspecified atom stereocenters. The van der Waals surface area contributed by atoms with Crippen LogP contribution in [0.3, 0.4) is 0 Å².